The second-order valence-electron chi connectivity index (χ2n) is 6.30. The summed E-state index contributed by atoms with van der Waals surface area (Å²) in [7, 11) is 0. The third kappa shape index (κ3) is 3.44. The van der Waals surface area contributed by atoms with Gasteiger partial charge in [0.05, 0.1) is 10.2 Å². The van der Waals surface area contributed by atoms with Crippen LogP contribution in [0.1, 0.15) is 27.0 Å². The monoisotopic (exact) mass is 398 g/mol. The quantitative estimate of drug-likeness (QED) is 0.647. The Morgan fingerprint density at radius 1 is 1.32 bits per heavy atom. The summed E-state index contributed by atoms with van der Waals surface area (Å²) in [5.41, 5.74) is 1.83. The van der Waals surface area contributed by atoms with E-state index in [-0.39, 0.29) is 18.9 Å². The molecule has 1 aliphatic rings. The molecule has 0 radical (unpaired) electrons. The molecule has 9 heteroatoms. The van der Waals surface area contributed by atoms with Crippen LogP contribution >= 0.6 is 11.3 Å². The third-order valence-electron chi connectivity index (χ3n) is 4.46. The Hall–Kier alpha value is -3.33. The van der Waals surface area contributed by atoms with Crippen LogP contribution in [0.3, 0.4) is 0 Å². The number of urea groups is 1. The van der Waals surface area contributed by atoms with Gasteiger partial charge in [0.2, 0.25) is 6.41 Å². The summed E-state index contributed by atoms with van der Waals surface area (Å²) in [6, 6.07) is 10.3. The zero-order chi connectivity index (χ0) is 19.7. The fourth-order valence-corrected chi connectivity index (χ4v) is 4.19. The van der Waals surface area contributed by atoms with Gasteiger partial charge in [-0.05, 0) is 29.8 Å². The predicted octanol–water partition coefficient (Wildman–Crippen LogP) is 2.59. The summed E-state index contributed by atoms with van der Waals surface area (Å²) < 4.78 is 14.4. The number of nitrogens with one attached hydrogen (secondary N) is 2. The molecule has 1 aromatic heterocycles. The van der Waals surface area contributed by atoms with Gasteiger partial charge in [-0.15, -0.1) is 11.3 Å². The van der Waals surface area contributed by atoms with Crippen LogP contribution < -0.4 is 10.6 Å². The molecule has 1 aliphatic heterocycles. The molecule has 2 heterocycles. The third-order valence-corrected chi connectivity index (χ3v) is 5.61. The van der Waals surface area contributed by atoms with Crippen molar-refractivity contribution in [3.05, 3.63) is 64.4 Å². The van der Waals surface area contributed by atoms with E-state index in [1.807, 2.05) is 29.6 Å². The first kappa shape index (κ1) is 18.1. The minimum atomic E-state index is -0.686. The van der Waals surface area contributed by atoms with Gasteiger partial charge in [0.15, 0.2) is 0 Å². The molecule has 0 saturated carbocycles. The van der Waals surface area contributed by atoms with E-state index in [2.05, 4.69) is 10.3 Å². The van der Waals surface area contributed by atoms with Crippen molar-refractivity contribution in [1.82, 2.24) is 20.5 Å². The maximum atomic E-state index is 13.5. The minimum absolute atomic E-state index is 0.140. The molecule has 1 atom stereocenters. The van der Waals surface area contributed by atoms with E-state index in [4.69, 9.17) is 0 Å². The second kappa shape index (κ2) is 7.35. The number of para-hydroxylation sites is 1. The molecule has 0 spiro atoms. The number of nitrogens with zero attached hydrogens (tertiary/aromatic N) is 2. The van der Waals surface area contributed by atoms with Crippen molar-refractivity contribution < 1.29 is 18.8 Å². The highest BCUT2D eigenvalue weighted by molar-refractivity contribution is 7.18. The molecule has 28 heavy (non-hydrogen) atoms. The van der Waals surface area contributed by atoms with Crippen LogP contribution in [0.2, 0.25) is 0 Å². The van der Waals surface area contributed by atoms with Gasteiger partial charge in [-0.25, -0.2) is 14.2 Å². The maximum absolute atomic E-state index is 13.5. The predicted molar refractivity (Wildman–Crippen MR) is 101 cm³/mol. The molecule has 0 saturated heterocycles. The van der Waals surface area contributed by atoms with Gasteiger partial charge in [-0.3, -0.25) is 14.9 Å². The number of imide groups is 1. The normalized spacial score (nSPS) is 14.0. The van der Waals surface area contributed by atoms with Gasteiger partial charge < -0.3 is 10.2 Å². The topological polar surface area (TPSA) is 91.4 Å². The van der Waals surface area contributed by atoms with Gasteiger partial charge in [0.25, 0.3) is 5.91 Å². The van der Waals surface area contributed by atoms with Crippen LogP contribution in [-0.2, 0) is 11.3 Å². The first-order chi connectivity index (χ1) is 13.5. The number of hydrogen-bond donors (Lipinski definition) is 2. The van der Waals surface area contributed by atoms with Gasteiger partial charge in [-0.2, -0.15) is 0 Å². The summed E-state index contributed by atoms with van der Waals surface area (Å²) in [6.07, 6.45) is 0.282. The molecule has 0 bridgehead atoms. The number of carbonyl (C=O) groups is 3. The van der Waals surface area contributed by atoms with E-state index in [9.17, 15) is 18.8 Å². The fraction of sp³-hybridized carbons (Fsp3) is 0.158. The summed E-state index contributed by atoms with van der Waals surface area (Å²) in [4.78, 5) is 41.2. The lowest BCUT2D eigenvalue weighted by Crippen LogP contribution is -2.42. The fourth-order valence-electron chi connectivity index (χ4n) is 3.18. The zero-order valence-corrected chi connectivity index (χ0v) is 15.3. The SMILES string of the molecule is O=CNC(=O)NC(CN1Cc2ccc(F)cc2C1=O)c1nc2ccccc2s1. The van der Waals surface area contributed by atoms with Gasteiger partial charge in [-0.1, -0.05) is 18.2 Å². The Morgan fingerprint density at radius 3 is 2.93 bits per heavy atom. The molecule has 0 fully saturated rings. The van der Waals surface area contributed by atoms with E-state index in [0.29, 0.717) is 17.1 Å². The van der Waals surface area contributed by atoms with Crippen molar-refractivity contribution in [1.29, 1.82) is 0 Å². The molecule has 2 N–H and O–H groups in total. The minimum Gasteiger partial charge on any atom is -0.332 e. The molecule has 0 aliphatic carbocycles. The van der Waals surface area contributed by atoms with E-state index < -0.39 is 17.9 Å². The number of rotatable bonds is 5. The molecule has 142 valence electrons. The lowest BCUT2D eigenvalue weighted by Gasteiger charge is -2.23. The maximum Gasteiger partial charge on any atom is 0.321 e. The second-order valence-corrected chi connectivity index (χ2v) is 7.36. The van der Waals surface area contributed by atoms with Crippen molar-refractivity contribution in [3.63, 3.8) is 0 Å². The van der Waals surface area contributed by atoms with E-state index in [1.54, 1.807) is 6.07 Å². The largest absolute Gasteiger partial charge is 0.332 e. The van der Waals surface area contributed by atoms with Gasteiger partial charge >= 0.3 is 6.03 Å². The van der Waals surface area contributed by atoms with E-state index in [0.717, 1.165) is 15.8 Å². The van der Waals surface area contributed by atoms with Crippen molar-refractivity contribution >= 4 is 39.9 Å². The lowest BCUT2D eigenvalue weighted by molar-refractivity contribution is -0.108. The Labute approximate surface area is 163 Å². The van der Waals surface area contributed by atoms with Crippen LogP contribution in [-0.4, -0.2) is 34.8 Å². The summed E-state index contributed by atoms with van der Waals surface area (Å²) in [5, 5.41) is 5.32. The number of aromatic nitrogens is 1. The van der Waals surface area contributed by atoms with Crippen LogP contribution in [0.25, 0.3) is 10.2 Å². The summed E-state index contributed by atoms with van der Waals surface area (Å²) >= 11 is 1.40. The summed E-state index contributed by atoms with van der Waals surface area (Å²) in [5.74, 6) is -0.779. The lowest BCUT2D eigenvalue weighted by atomic mass is 10.1. The summed E-state index contributed by atoms with van der Waals surface area (Å²) in [6.45, 7) is 0.452. The van der Waals surface area contributed by atoms with Crippen molar-refractivity contribution in [3.8, 4) is 0 Å². The average molecular weight is 398 g/mol. The number of amides is 4. The van der Waals surface area contributed by atoms with Crippen LogP contribution in [0.5, 0.6) is 0 Å². The van der Waals surface area contributed by atoms with Crippen LogP contribution in [0.4, 0.5) is 9.18 Å². The molecule has 3 aromatic rings. The highest BCUT2D eigenvalue weighted by Crippen LogP contribution is 2.30. The number of carbonyl (C=O) groups excluding carboxylic acids is 3. The first-order valence-electron chi connectivity index (χ1n) is 8.49. The zero-order valence-electron chi connectivity index (χ0n) is 14.5. The Bertz CT molecular complexity index is 1050. The van der Waals surface area contributed by atoms with Gasteiger partial charge in [0.1, 0.15) is 16.9 Å². The standard InChI is InChI=1S/C19H15FN4O3S/c20-12-6-5-11-8-24(18(26)13(11)7-12)9-15(23-19(27)21-10-25)17-22-14-3-1-2-4-16(14)28-17/h1-7,10,15H,8-9H2,(H2,21,23,25,27). The van der Waals surface area contributed by atoms with Crippen molar-refractivity contribution in [2.45, 2.75) is 12.6 Å². The van der Waals surface area contributed by atoms with Crippen LogP contribution in [0.15, 0.2) is 42.5 Å². The number of halogens is 1. The Balaban J connectivity index is 1.61. The van der Waals surface area contributed by atoms with E-state index >= 15 is 0 Å². The molecular formula is C19H15FN4O3S. The first-order valence-corrected chi connectivity index (χ1v) is 9.30. The number of thiazole rings is 1. The molecule has 4 rings (SSSR count). The molecular weight excluding hydrogens is 383 g/mol. The Kier molecular flexibility index (Phi) is 4.74. The molecule has 2 aromatic carbocycles. The Morgan fingerprint density at radius 2 is 2.14 bits per heavy atom. The number of fused-ring (bicyclic) bond motifs is 2. The highest BCUT2D eigenvalue weighted by Gasteiger charge is 2.31. The highest BCUT2D eigenvalue weighted by atomic mass is 32.1. The van der Waals surface area contributed by atoms with Crippen LogP contribution in [0, 0.1) is 5.82 Å². The van der Waals surface area contributed by atoms with Crippen molar-refractivity contribution in [2.75, 3.05) is 6.54 Å². The van der Waals surface area contributed by atoms with E-state index in [1.165, 1.54) is 28.4 Å². The number of hydrogen-bond acceptors (Lipinski definition) is 5. The number of benzene rings is 2. The molecule has 1 unspecified atom stereocenters. The van der Waals surface area contributed by atoms with Gasteiger partial charge in [0, 0.05) is 18.7 Å². The molecule has 7 nitrogen and oxygen atoms in total. The smallest absolute Gasteiger partial charge is 0.321 e. The molecule has 4 amide bonds. The average Bonchev–Trinajstić information content (AvgIpc) is 3.23. The van der Waals surface area contributed by atoms with Crippen molar-refractivity contribution in [2.24, 2.45) is 0 Å².